The molecule has 2 aromatic rings. The first-order chi connectivity index (χ1) is 13.5. The summed E-state index contributed by atoms with van der Waals surface area (Å²) in [5.74, 6) is 0.559. The fraction of sp³-hybridized carbons (Fsp3) is 0.364. The number of piperazine rings is 1. The predicted molar refractivity (Wildman–Crippen MR) is 110 cm³/mol. The number of rotatable bonds is 5. The van der Waals surface area contributed by atoms with Crippen LogP contribution in [0.25, 0.3) is 0 Å². The second-order valence-corrected chi connectivity index (χ2v) is 7.02. The van der Waals surface area contributed by atoms with E-state index in [-0.39, 0.29) is 18.4 Å². The van der Waals surface area contributed by atoms with Gasteiger partial charge in [-0.25, -0.2) is 0 Å². The van der Waals surface area contributed by atoms with Crippen molar-refractivity contribution in [1.82, 2.24) is 10.2 Å². The Kier molecular flexibility index (Phi) is 6.19. The summed E-state index contributed by atoms with van der Waals surface area (Å²) < 4.78 is 5.43. The van der Waals surface area contributed by atoms with Crippen molar-refractivity contribution < 1.29 is 14.3 Å². The molecular weight excluding hydrogens is 354 g/mol. The summed E-state index contributed by atoms with van der Waals surface area (Å²) in [4.78, 5) is 28.8. The monoisotopic (exact) mass is 381 g/mol. The van der Waals surface area contributed by atoms with Crippen molar-refractivity contribution in [2.45, 2.75) is 13.8 Å². The summed E-state index contributed by atoms with van der Waals surface area (Å²) in [6, 6.07) is 13.5. The van der Waals surface area contributed by atoms with E-state index in [4.69, 9.17) is 4.74 Å². The van der Waals surface area contributed by atoms with Crippen LogP contribution in [0.3, 0.4) is 0 Å². The average molecular weight is 381 g/mol. The first kappa shape index (κ1) is 19.7. The summed E-state index contributed by atoms with van der Waals surface area (Å²) in [6.07, 6.45) is 0. The van der Waals surface area contributed by atoms with Crippen molar-refractivity contribution in [3.05, 3.63) is 59.2 Å². The van der Waals surface area contributed by atoms with E-state index in [1.807, 2.05) is 50.2 Å². The van der Waals surface area contributed by atoms with Crippen LogP contribution < -0.4 is 15.0 Å². The normalized spacial score (nSPS) is 14.0. The first-order valence-electron chi connectivity index (χ1n) is 9.51. The maximum absolute atomic E-state index is 12.5. The van der Waals surface area contributed by atoms with E-state index in [9.17, 15) is 9.59 Å². The van der Waals surface area contributed by atoms with E-state index in [0.717, 1.165) is 35.7 Å². The van der Waals surface area contributed by atoms with Crippen molar-refractivity contribution >= 4 is 17.5 Å². The SMILES string of the molecule is COc1ccccc1N1CCN(C(=O)CNC(=O)c2ccc(C)c(C)c2)CC1. The topological polar surface area (TPSA) is 61.9 Å². The van der Waals surface area contributed by atoms with Gasteiger partial charge in [0.05, 0.1) is 19.3 Å². The summed E-state index contributed by atoms with van der Waals surface area (Å²) in [5, 5.41) is 2.74. The third-order valence-corrected chi connectivity index (χ3v) is 5.23. The quantitative estimate of drug-likeness (QED) is 0.864. The molecule has 1 heterocycles. The van der Waals surface area contributed by atoms with Gasteiger partial charge in [-0.3, -0.25) is 9.59 Å². The van der Waals surface area contributed by atoms with Gasteiger partial charge in [0.1, 0.15) is 5.75 Å². The summed E-state index contributed by atoms with van der Waals surface area (Å²) >= 11 is 0. The summed E-state index contributed by atoms with van der Waals surface area (Å²) in [5.41, 5.74) is 3.82. The molecule has 0 atom stereocenters. The lowest BCUT2D eigenvalue weighted by molar-refractivity contribution is -0.130. The molecule has 0 radical (unpaired) electrons. The smallest absolute Gasteiger partial charge is 0.251 e. The lowest BCUT2D eigenvalue weighted by Crippen LogP contribution is -2.51. The number of para-hydroxylation sites is 2. The van der Waals surface area contributed by atoms with Gasteiger partial charge in [-0.2, -0.15) is 0 Å². The summed E-state index contributed by atoms with van der Waals surface area (Å²) in [6.45, 7) is 6.70. The van der Waals surface area contributed by atoms with Crippen molar-refractivity contribution in [2.75, 3.05) is 44.7 Å². The molecule has 1 saturated heterocycles. The third kappa shape index (κ3) is 4.44. The number of nitrogens with zero attached hydrogens (tertiary/aromatic N) is 2. The molecule has 0 bridgehead atoms. The predicted octanol–water partition coefficient (Wildman–Crippen LogP) is 2.39. The molecule has 0 unspecified atom stereocenters. The van der Waals surface area contributed by atoms with Crippen LogP contribution in [-0.4, -0.2) is 56.5 Å². The van der Waals surface area contributed by atoms with Crippen LogP contribution in [0.1, 0.15) is 21.5 Å². The number of aryl methyl sites for hydroxylation is 2. The number of anilines is 1. The van der Waals surface area contributed by atoms with Gasteiger partial charge in [0, 0.05) is 31.7 Å². The zero-order valence-electron chi connectivity index (χ0n) is 16.7. The Morgan fingerprint density at radius 2 is 1.71 bits per heavy atom. The number of hydrogen-bond acceptors (Lipinski definition) is 4. The van der Waals surface area contributed by atoms with E-state index in [1.54, 1.807) is 18.1 Å². The molecule has 6 nitrogen and oxygen atoms in total. The lowest BCUT2D eigenvalue weighted by Gasteiger charge is -2.36. The van der Waals surface area contributed by atoms with Gasteiger partial charge in [0.2, 0.25) is 5.91 Å². The molecule has 1 N–H and O–H groups in total. The lowest BCUT2D eigenvalue weighted by atomic mass is 10.1. The van der Waals surface area contributed by atoms with Crippen LogP contribution in [0, 0.1) is 13.8 Å². The van der Waals surface area contributed by atoms with E-state index in [2.05, 4.69) is 10.2 Å². The largest absolute Gasteiger partial charge is 0.495 e. The molecule has 0 aliphatic carbocycles. The van der Waals surface area contributed by atoms with Crippen molar-refractivity contribution in [3.8, 4) is 5.75 Å². The molecular formula is C22H27N3O3. The number of nitrogens with one attached hydrogen (secondary N) is 1. The highest BCUT2D eigenvalue weighted by Gasteiger charge is 2.23. The van der Waals surface area contributed by atoms with Crippen LogP contribution in [0.2, 0.25) is 0 Å². The fourth-order valence-corrected chi connectivity index (χ4v) is 3.34. The van der Waals surface area contributed by atoms with Gasteiger partial charge in [0.25, 0.3) is 5.91 Å². The Labute approximate surface area is 166 Å². The molecule has 1 aliphatic heterocycles. The van der Waals surface area contributed by atoms with E-state index >= 15 is 0 Å². The Hall–Kier alpha value is -3.02. The molecule has 0 aromatic heterocycles. The highest BCUT2D eigenvalue weighted by atomic mass is 16.5. The number of hydrogen-bond donors (Lipinski definition) is 1. The minimum Gasteiger partial charge on any atom is -0.495 e. The van der Waals surface area contributed by atoms with E-state index in [1.165, 1.54) is 0 Å². The van der Waals surface area contributed by atoms with Gasteiger partial charge in [-0.1, -0.05) is 18.2 Å². The summed E-state index contributed by atoms with van der Waals surface area (Å²) in [7, 11) is 1.66. The molecule has 2 aromatic carbocycles. The Morgan fingerprint density at radius 3 is 2.39 bits per heavy atom. The van der Waals surface area contributed by atoms with Crippen LogP contribution in [0.4, 0.5) is 5.69 Å². The third-order valence-electron chi connectivity index (χ3n) is 5.23. The number of benzene rings is 2. The molecule has 0 spiro atoms. The molecule has 1 fully saturated rings. The average Bonchev–Trinajstić information content (AvgIpc) is 2.73. The molecule has 28 heavy (non-hydrogen) atoms. The second-order valence-electron chi connectivity index (χ2n) is 7.02. The molecule has 148 valence electrons. The molecule has 0 saturated carbocycles. The van der Waals surface area contributed by atoms with Crippen LogP contribution in [-0.2, 0) is 4.79 Å². The minimum absolute atomic E-state index is 0.0143. The van der Waals surface area contributed by atoms with Gasteiger partial charge in [-0.05, 0) is 49.2 Å². The Balaban J connectivity index is 1.51. The standard InChI is InChI=1S/C22H27N3O3/c1-16-8-9-18(14-17(16)2)22(27)23-15-21(26)25-12-10-24(11-13-25)19-6-4-5-7-20(19)28-3/h4-9,14H,10-13,15H2,1-3H3,(H,23,27). The maximum Gasteiger partial charge on any atom is 0.251 e. The highest BCUT2D eigenvalue weighted by molar-refractivity contribution is 5.96. The Morgan fingerprint density at radius 1 is 1.00 bits per heavy atom. The second kappa shape index (κ2) is 8.78. The van der Waals surface area contributed by atoms with Crippen molar-refractivity contribution in [2.24, 2.45) is 0 Å². The number of methoxy groups -OCH3 is 1. The molecule has 6 heteroatoms. The molecule has 2 amide bonds. The first-order valence-corrected chi connectivity index (χ1v) is 9.51. The Bertz CT molecular complexity index is 858. The van der Waals surface area contributed by atoms with Crippen LogP contribution in [0.5, 0.6) is 5.75 Å². The number of carbonyl (C=O) groups is 2. The van der Waals surface area contributed by atoms with Crippen LogP contribution >= 0.6 is 0 Å². The van der Waals surface area contributed by atoms with Crippen molar-refractivity contribution in [3.63, 3.8) is 0 Å². The van der Waals surface area contributed by atoms with Gasteiger partial charge >= 0.3 is 0 Å². The fourth-order valence-electron chi connectivity index (χ4n) is 3.34. The minimum atomic E-state index is -0.218. The van der Waals surface area contributed by atoms with Gasteiger partial charge in [0.15, 0.2) is 0 Å². The number of ether oxygens (including phenoxy) is 1. The maximum atomic E-state index is 12.5. The van der Waals surface area contributed by atoms with Gasteiger partial charge in [-0.15, -0.1) is 0 Å². The number of amides is 2. The highest BCUT2D eigenvalue weighted by Crippen LogP contribution is 2.28. The van der Waals surface area contributed by atoms with E-state index < -0.39 is 0 Å². The molecule has 1 aliphatic rings. The van der Waals surface area contributed by atoms with Crippen molar-refractivity contribution in [1.29, 1.82) is 0 Å². The van der Waals surface area contributed by atoms with E-state index in [0.29, 0.717) is 18.7 Å². The van der Waals surface area contributed by atoms with Gasteiger partial charge < -0.3 is 19.9 Å². The van der Waals surface area contributed by atoms with Crippen LogP contribution in [0.15, 0.2) is 42.5 Å². The zero-order valence-corrected chi connectivity index (χ0v) is 16.7. The molecule has 3 rings (SSSR count). The number of carbonyl (C=O) groups excluding carboxylic acids is 2. The zero-order chi connectivity index (χ0) is 20.1.